The van der Waals surface area contributed by atoms with Crippen LogP contribution in [-0.2, 0) is 0 Å². The zero-order chi connectivity index (χ0) is 14.1. The Labute approximate surface area is 115 Å². The summed E-state index contributed by atoms with van der Waals surface area (Å²) in [6.07, 6.45) is 2.76. The number of carbonyl (C=O) groups excluding carboxylic acids is 2. The van der Waals surface area contributed by atoms with Crippen molar-refractivity contribution in [1.29, 1.82) is 0 Å². The fourth-order valence-corrected chi connectivity index (χ4v) is 2.25. The number of aldehydes is 1. The summed E-state index contributed by atoms with van der Waals surface area (Å²) < 4.78 is 1.99. The third kappa shape index (κ3) is 1.97. The van der Waals surface area contributed by atoms with Crippen LogP contribution in [0.2, 0.25) is 0 Å². The third-order valence-electron chi connectivity index (χ3n) is 3.28. The van der Waals surface area contributed by atoms with Gasteiger partial charge in [-0.05, 0) is 48.5 Å². The molecule has 0 spiro atoms. The van der Waals surface area contributed by atoms with Gasteiger partial charge in [-0.1, -0.05) is 0 Å². The van der Waals surface area contributed by atoms with Crippen molar-refractivity contribution in [2.45, 2.75) is 0 Å². The van der Waals surface area contributed by atoms with Crippen LogP contribution in [0.5, 0.6) is 0 Å². The Hall–Kier alpha value is -2.88. The molecule has 0 bridgehead atoms. The first-order chi connectivity index (χ1) is 9.69. The number of rotatable bonds is 3. The summed E-state index contributed by atoms with van der Waals surface area (Å²) in [6, 6.07) is 14.6. The highest BCUT2D eigenvalue weighted by Crippen LogP contribution is 2.21. The van der Waals surface area contributed by atoms with Gasteiger partial charge in [-0.15, -0.1) is 0 Å². The van der Waals surface area contributed by atoms with Gasteiger partial charge in [0.2, 0.25) is 5.91 Å². The van der Waals surface area contributed by atoms with Crippen molar-refractivity contribution >= 4 is 23.1 Å². The molecule has 98 valence electrons. The van der Waals surface area contributed by atoms with Crippen molar-refractivity contribution in [2.24, 2.45) is 5.73 Å². The summed E-state index contributed by atoms with van der Waals surface area (Å²) in [5, 5.41) is 0.994. The number of nitrogens with two attached hydrogens (primary N) is 1. The van der Waals surface area contributed by atoms with E-state index < -0.39 is 5.91 Å². The van der Waals surface area contributed by atoms with E-state index in [2.05, 4.69) is 0 Å². The Kier molecular flexibility index (Phi) is 2.84. The van der Waals surface area contributed by atoms with Crippen molar-refractivity contribution in [2.75, 3.05) is 0 Å². The van der Waals surface area contributed by atoms with E-state index in [9.17, 15) is 9.59 Å². The predicted molar refractivity (Wildman–Crippen MR) is 77.2 cm³/mol. The second kappa shape index (κ2) is 4.66. The van der Waals surface area contributed by atoms with Gasteiger partial charge in [0.1, 0.15) is 6.29 Å². The number of benzene rings is 2. The second-order valence-electron chi connectivity index (χ2n) is 4.53. The monoisotopic (exact) mass is 264 g/mol. The van der Waals surface area contributed by atoms with Gasteiger partial charge in [0.15, 0.2) is 0 Å². The fraction of sp³-hybridized carbons (Fsp3) is 0. The number of amides is 1. The van der Waals surface area contributed by atoms with Gasteiger partial charge in [0.25, 0.3) is 0 Å². The van der Waals surface area contributed by atoms with Crippen molar-refractivity contribution < 1.29 is 9.59 Å². The Morgan fingerprint density at radius 1 is 1.05 bits per heavy atom. The first-order valence-corrected chi connectivity index (χ1v) is 6.15. The third-order valence-corrected chi connectivity index (χ3v) is 3.28. The van der Waals surface area contributed by atoms with Crippen LogP contribution in [0.15, 0.2) is 54.7 Å². The average molecular weight is 264 g/mol. The molecule has 0 aliphatic carbocycles. The molecule has 0 atom stereocenters. The van der Waals surface area contributed by atoms with Gasteiger partial charge in [-0.3, -0.25) is 9.59 Å². The number of nitrogens with zero attached hydrogens (tertiary/aromatic N) is 1. The Morgan fingerprint density at radius 2 is 1.80 bits per heavy atom. The van der Waals surface area contributed by atoms with Crippen molar-refractivity contribution in [3.8, 4) is 5.69 Å². The highest BCUT2D eigenvalue weighted by Gasteiger charge is 2.05. The van der Waals surface area contributed by atoms with Crippen LogP contribution in [0.4, 0.5) is 0 Å². The van der Waals surface area contributed by atoms with E-state index in [0.717, 1.165) is 22.9 Å². The lowest BCUT2D eigenvalue weighted by Crippen LogP contribution is -2.10. The maximum atomic E-state index is 11.1. The van der Waals surface area contributed by atoms with Crippen LogP contribution in [0.1, 0.15) is 20.7 Å². The molecule has 0 saturated carbocycles. The summed E-state index contributed by atoms with van der Waals surface area (Å²) in [5.41, 5.74) is 8.29. The molecule has 0 fully saturated rings. The normalized spacial score (nSPS) is 10.6. The highest BCUT2D eigenvalue weighted by molar-refractivity contribution is 5.93. The molecule has 3 rings (SSSR count). The van der Waals surface area contributed by atoms with E-state index in [1.165, 1.54) is 0 Å². The first-order valence-electron chi connectivity index (χ1n) is 6.15. The summed E-state index contributed by atoms with van der Waals surface area (Å²) >= 11 is 0. The largest absolute Gasteiger partial charge is 0.366 e. The molecule has 1 aromatic heterocycles. The Balaban J connectivity index is 2.10. The predicted octanol–water partition coefficient (Wildman–Crippen LogP) is 2.54. The quantitative estimate of drug-likeness (QED) is 0.739. The summed E-state index contributed by atoms with van der Waals surface area (Å²) in [5.74, 6) is -0.440. The van der Waals surface area contributed by atoms with Gasteiger partial charge >= 0.3 is 0 Å². The molecular formula is C16H12N2O2. The van der Waals surface area contributed by atoms with E-state index in [1.54, 1.807) is 18.2 Å². The molecule has 0 aliphatic rings. The molecule has 2 aromatic carbocycles. The molecule has 0 saturated heterocycles. The lowest BCUT2D eigenvalue weighted by Gasteiger charge is -2.06. The van der Waals surface area contributed by atoms with Crippen LogP contribution in [0.25, 0.3) is 16.6 Å². The smallest absolute Gasteiger partial charge is 0.248 e. The molecule has 0 radical (unpaired) electrons. The van der Waals surface area contributed by atoms with Crippen molar-refractivity contribution in [3.05, 3.63) is 65.9 Å². The topological polar surface area (TPSA) is 65.1 Å². The number of carbonyl (C=O) groups is 2. The molecule has 4 heteroatoms. The molecule has 1 amide bonds. The van der Waals surface area contributed by atoms with Crippen LogP contribution < -0.4 is 5.73 Å². The number of aromatic nitrogens is 1. The van der Waals surface area contributed by atoms with Gasteiger partial charge in [-0.25, -0.2) is 0 Å². The number of hydrogen-bond donors (Lipinski definition) is 1. The average Bonchev–Trinajstić information content (AvgIpc) is 2.90. The number of primary amides is 1. The standard InChI is InChI=1S/C16H12N2O2/c17-16(20)12-2-4-14(5-3-12)18-8-7-13-9-11(10-19)1-6-15(13)18/h1-10H,(H2,17,20). The molecule has 1 heterocycles. The minimum Gasteiger partial charge on any atom is -0.366 e. The van der Waals surface area contributed by atoms with Crippen LogP contribution in [-0.4, -0.2) is 16.8 Å². The zero-order valence-corrected chi connectivity index (χ0v) is 10.6. The van der Waals surface area contributed by atoms with Gasteiger partial charge in [-0.2, -0.15) is 0 Å². The van der Waals surface area contributed by atoms with Crippen molar-refractivity contribution in [1.82, 2.24) is 4.57 Å². The minimum atomic E-state index is -0.440. The van der Waals surface area contributed by atoms with Crippen LogP contribution in [0.3, 0.4) is 0 Å². The van der Waals surface area contributed by atoms with Crippen LogP contribution >= 0.6 is 0 Å². The molecule has 20 heavy (non-hydrogen) atoms. The van der Waals surface area contributed by atoms with Crippen LogP contribution in [0, 0.1) is 0 Å². The van der Waals surface area contributed by atoms with Gasteiger partial charge in [0.05, 0.1) is 5.52 Å². The molecule has 0 aliphatic heterocycles. The first kappa shape index (κ1) is 12.2. The lowest BCUT2D eigenvalue weighted by atomic mass is 10.1. The van der Waals surface area contributed by atoms with Crippen molar-refractivity contribution in [3.63, 3.8) is 0 Å². The lowest BCUT2D eigenvalue weighted by molar-refractivity contribution is 0.1000. The SMILES string of the molecule is NC(=O)c1ccc(-n2ccc3cc(C=O)ccc32)cc1. The van der Waals surface area contributed by atoms with Gasteiger partial charge in [0, 0.05) is 28.4 Å². The zero-order valence-electron chi connectivity index (χ0n) is 10.6. The maximum absolute atomic E-state index is 11.1. The second-order valence-corrected chi connectivity index (χ2v) is 4.53. The highest BCUT2D eigenvalue weighted by atomic mass is 16.1. The van der Waals surface area contributed by atoms with E-state index in [1.807, 2.05) is 41.1 Å². The summed E-state index contributed by atoms with van der Waals surface area (Å²) in [6.45, 7) is 0. The Morgan fingerprint density at radius 3 is 2.45 bits per heavy atom. The molecule has 0 unspecified atom stereocenters. The van der Waals surface area contributed by atoms with Gasteiger partial charge < -0.3 is 10.3 Å². The Bertz CT molecular complexity index is 801. The van der Waals surface area contributed by atoms with E-state index >= 15 is 0 Å². The molecule has 4 nitrogen and oxygen atoms in total. The van der Waals surface area contributed by atoms with E-state index in [0.29, 0.717) is 11.1 Å². The maximum Gasteiger partial charge on any atom is 0.248 e. The van der Waals surface area contributed by atoms with E-state index in [4.69, 9.17) is 5.73 Å². The molecule has 2 N–H and O–H groups in total. The molecular weight excluding hydrogens is 252 g/mol. The fourth-order valence-electron chi connectivity index (χ4n) is 2.25. The minimum absolute atomic E-state index is 0.440. The molecule has 3 aromatic rings. The summed E-state index contributed by atoms with van der Waals surface area (Å²) in [7, 11) is 0. The van der Waals surface area contributed by atoms with E-state index in [-0.39, 0.29) is 0 Å². The summed E-state index contributed by atoms with van der Waals surface area (Å²) in [4.78, 5) is 21.8. The number of hydrogen-bond acceptors (Lipinski definition) is 2. The number of fused-ring (bicyclic) bond motifs is 1.